The van der Waals surface area contributed by atoms with Crippen molar-refractivity contribution in [3.8, 4) is 0 Å². The summed E-state index contributed by atoms with van der Waals surface area (Å²) in [5, 5.41) is 0. The normalized spacial score (nSPS) is 17.6. The highest BCUT2D eigenvalue weighted by Gasteiger charge is 2.28. The lowest BCUT2D eigenvalue weighted by atomic mass is 10.4. The largest absolute Gasteiger partial charge is 0.411 e. The first-order valence-electron chi connectivity index (χ1n) is 5.66. The molecule has 0 aromatic heterocycles. The van der Waals surface area contributed by atoms with Crippen molar-refractivity contribution in [2.45, 2.75) is 25.4 Å². The molecular weight excluding hydrogens is 289 g/mol. The zero-order chi connectivity index (χ0) is 14.5. The Bertz CT molecular complexity index is 404. The quantitative estimate of drug-likeness (QED) is 0.721. The third kappa shape index (κ3) is 6.21. The molecule has 1 N–H and O–H groups in total. The summed E-state index contributed by atoms with van der Waals surface area (Å²) in [5.41, 5.74) is 0. The molecule has 1 amide bonds. The maximum absolute atomic E-state index is 11.7. The van der Waals surface area contributed by atoms with Crippen LogP contribution in [-0.2, 0) is 19.7 Å². The highest BCUT2D eigenvalue weighted by atomic mass is 32.2. The number of nitrogens with one attached hydrogen (secondary N) is 1. The Morgan fingerprint density at radius 1 is 1.26 bits per heavy atom. The minimum atomic E-state index is -4.46. The fourth-order valence-electron chi connectivity index (χ4n) is 1.54. The van der Waals surface area contributed by atoms with Crippen LogP contribution < -0.4 is 4.72 Å². The molecule has 10 heteroatoms. The van der Waals surface area contributed by atoms with E-state index in [0.717, 1.165) is 17.1 Å². The lowest BCUT2D eigenvalue weighted by Gasteiger charge is -2.15. The topological polar surface area (TPSA) is 75.7 Å². The van der Waals surface area contributed by atoms with Crippen LogP contribution in [0.5, 0.6) is 0 Å². The molecule has 1 aliphatic heterocycles. The van der Waals surface area contributed by atoms with E-state index >= 15 is 0 Å². The molecule has 6 nitrogen and oxygen atoms in total. The van der Waals surface area contributed by atoms with Crippen molar-refractivity contribution in [3.63, 3.8) is 0 Å². The molecule has 1 heterocycles. The van der Waals surface area contributed by atoms with Crippen LogP contribution in [0.2, 0.25) is 0 Å². The summed E-state index contributed by atoms with van der Waals surface area (Å²) in [6.07, 6.45) is -3.45. The summed E-state index contributed by atoms with van der Waals surface area (Å²) in [4.78, 5) is 11.3. The fraction of sp³-hybridized carbons (Fsp3) is 0.889. The van der Waals surface area contributed by atoms with Gasteiger partial charge >= 0.3 is 16.4 Å². The average Bonchev–Trinajstić information content (AvgIpc) is 2.76. The number of carbonyl (C=O) groups is 1. The van der Waals surface area contributed by atoms with Crippen molar-refractivity contribution in [2.75, 3.05) is 26.3 Å². The molecule has 1 aliphatic rings. The summed E-state index contributed by atoms with van der Waals surface area (Å²) in [6.45, 7) is -1.26. The Kier molecular flexibility index (Phi) is 5.56. The van der Waals surface area contributed by atoms with Crippen LogP contribution in [0.15, 0.2) is 0 Å². The molecule has 0 aromatic rings. The molecule has 0 aromatic carbocycles. The van der Waals surface area contributed by atoms with Gasteiger partial charge in [-0.3, -0.25) is 4.79 Å². The minimum Gasteiger partial charge on any atom is -0.372 e. The van der Waals surface area contributed by atoms with Crippen LogP contribution in [-0.4, -0.2) is 51.1 Å². The Hall–Kier alpha value is -0.870. The molecule has 112 valence electrons. The van der Waals surface area contributed by atoms with Gasteiger partial charge in [0.05, 0.1) is 13.0 Å². The van der Waals surface area contributed by atoms with Gasteiger partial charge in [0.1, 0.15) is 6.61 Å². The number of rotatable bonds is 6. The van der Waals surface area contributed by atoms with Crippen LogP contribution in [0.1, 0.15) is 19.3 Å². The first kappa shape index (κ1) is 16.2. The molecule has 19 heavy (non-hydrogen) atoms. The van der Waals surface area contributed by atoms with Crippen molar-refractivity contribution in [2.24, 2.45) is 0 Å². The standard InChI is InChI=1S/C9H15F3N2O4S/c10-9(11,12)7-18-6-3-8(15)13-19(16,17)14-4-1-2-5-14/h1-7H2,(H,13,15). The first-order chi connectivity index (χ1) is 8.71. The number of alkyl halides is 3. The summed E-state index contributed by atoms with van der Waals surface area (Å²) < 4.78 is 65.5. The number of hydrogen-bond acceptors (Lipinski definition) is 4. The van der Waals surface area contributed by atoms with E-state index in [1.165, 1.54) is 0 Å². The molecule has 0 aliphatic carbocycles. The third-order valence-electron chi connectivity index (χ3n) is 2.39. The highest BCUT2D eigenvalue weighted by Crippen LogP contribution is 2.14. The van der Waals surface area contributed by atoms with Gasteiger partial charge in [0.25, 0.3) is 0 Å². The average molecular weight is 304 g/mol. The van der Waals surface area contributed by atoms with Gasteiger partial charge in [0.15, 0.2) is 0 Å². The van der Waals surface area contributed by atoms with Gasteiger partial charge in [0, 0.05) is 13.1 Å². The fourth-order valence-corrected chi connectivity index (χ4v) is 2.80. The number of amides is 1. The van der Waals surface area contributed by atoms with Crippen LogP contribution in [0, 0.1) is 0 Å². The number of halogens is 3. The molecule has 0 unspecified atom stereocenters. The van der Waals surface area contributed by atoms with E-state index < -0.39 is 41.9 Å². The van der Waals surface area contributed by atoms with E-state index in [1.807, 2.05) is 0 Å². The maximum Gasteiger partial charge on any atom is 0.411 e. The number of nitrogens with zero attached hydrogens (tertiary/aromatic N) is 1. The monoisotopic (exact) mass is 304 g/mol. The second-order valence-corrected chi connectivity index (χ2v) is 5.72. The van der Waals surface area contributed by atoms with Crippen LogP contribution >= 0.6 is 0 Å². The third-order valence-corrected chi connectivity index (χ3v) is 3.92. The first-order valence-corrected chi connectivity index (χ1v) is 7.10. The summed E-state index contributed by atoms with van der Waals surface area (Å²) in [7, 11) is -3.87. The van der Waals surface area contributed by atoms with E-state index in [9.17, 15) is 26.4 Å². The van der Waals surface area contributed by atoms with E-state index in [2.05, 4.69) is 4.74 Å². The number of carbonyl (C=O) groups excluding carboxylic acids is 1. The predicted octanol–water partition coefficient (Wildman–Crippen LogP) is 0.412. The van der Waals surface area contributed by atoms with Gasteiger partial charge in [-0.25, -0.2) is 4.72 Å². The van der Waals surface area contributed by atoms with E-state index in [4.69, 9.17) is 0 Å². The van der Waals surface area contributed by atoms with Gasteiger partial charge in [-0.2, -0.15) is 25.9 Å². The van der Waals surface area contributed by atoms with Crippen molar-refractivity contribution >= 4 is 16.1 Å². The zero-order valence-electron chi connectivity index (χ0n) is 10.1. The van der Waals surface area contributed by atoms with E-state index in [1.54, 1.807) is 4.72 Å². The molecule has 0 radical (unpaired) electrons. The summed E-state index contributed by atoms with van der Waals surface area (Å²) in [5.74, 6) is -0.880. The Labute approximate surface area is 109 Å². The molecule has 0 bridgehead atoms. The lowest BCUT2D eigenvalue weighted by Crippen LogP contribution is -2.42. The highest BCUT2D eigenvalue weighted by molar-refractivity contribution is 7.87. The van der Waals surface area contributed by atoms with Crippen LogP contribution in [0.25, 0.3) is 0 Å². The van der Waals surface area contributed by atoms with Crippen molar-refractivity contribution in [1.29, 1.82) is 0 Å². The van der Waals surface area contributed by atoms with Gasteiger partial charge in [-0.15, -0.1) is 0 Å². The Morgan fingerprint density at radius 3 is 2.37 bits per heavy atom. The number of ether oxygens (including phenoxy) is 1. The second kappa shape index (κ2) is 6.53. The molecule has 1 fully saturated rings. The Balaban J connectivity index is 2.27. The molecular formula is C9H15F3N2O4S. The number of hydrogen-bond donors (Lipinski definition) is 1. The van der Waals surface area contributed by atoms with Crippen molar-refractivity contribution in [3.05, 3.63) is 0 Å². The predicted molar refractivity (Wildman–Crippen MR) is 59.4 cm³/mol. The van der Waals surface area contributed by atoms with E-state index in [0.29, 0.717) is 13.1 Å². The zero-order valence-corrected chi connectivity index (χ0v) is 10.9. The SMILES string of the molecule is O=C(CCOCC(F)(F)F)NS(=O)(=O)N1CCCC1. The Morgan fingerprint density at radius 2 is 1.84 bits per heavy atom. The van der Waals surface area contributed by atoms with Gasteiger partial charge in [-0.1, -0.05) is 0 Å². The molecule has 0 atom stereocenters. The van der Waals surface area contributed by atoms with Gasteiger partial charge in [0.2, 0.25) is 5.91 Å². The molecule has 1 rings (SSSR count). The van der Waals surface area contributed by atoms with E-state index in [-0.39, 0.29) is 0 Å². The summed E-state index contributed by atoms with van der Waals surface area (Å²) in [6, 6.07) is 0. The lowest BCUT2D eigenvalue weighted by molar-refractivity contribution is -0.174. The molecule has 0 saturated carbocycles. The minimum absolute atomic E-state index is 0.340. The smallest absolute Gasteiger partial charge is 0.372 e. The van der Waals surface area contributed by atoms with Crippen LogP contribution in [0.4, 0.5) is 13.2 Å². The van der Waals surface area contributed by atoms with Gasteiger partial charge in [-0.05, 0) is 12.8 Å². The summed E-state index contributed by atoms with van der Waals surface area (Å²) >= 11 is 0. The molecule has 1 saturated heterocycles. The van der Waals surface area contributed by atoms with Gasteiger partial charge < -0.3 is 4.74 Å². The van der Waals surface area contributed by atoms with Crippen molar-refractivity contribution < 1.29 is 31.1 Å². The maximum atomic E-state index is 11.7. The van der Waals surface area contributed by atoms with Crippen molar-refractivity contribution in [1.82, 2.24) is 9.03 Å². The second-order valence-electron chi connectivity index (χ2n) is 4.05. The van der Waals surface area contributed by atoms with Crippen LogP contribution in [0.3, 0.4) is 0 Å². The molecule has 0 spiro atoms.